The molecular weight excluding hydrogens is 268 g/mol. The number of hydrogen-bond acceptors (Lipinski definition) is 3. The van der Waals surface area contributed by atoms with Crippen molar-refractivity contribution in [2.45, 2.75) is 0 Å². The number of H-pyrrole nitrogens is 1. The lowest BCUT2D eigenvalue weighted by Gasteiger charge is -2.05. The van der Waals surface area contributed by atoms with Crippen LogP contribution in [0.2, 0.25) is 5.02 Å². The zero-order chi connectivity index (χ0) is 13.7. The van der Waals surface area contributed by atoms with E-state index in [2.05, 4.69) is 10.3 Å². The minimum Gasteiger partial charge on any atom is -0.451 e. The van der Waals surface area contributed by atoms with Gasteiger partial charge >= 0.3 is 5.97 Å². The predicted molar refractivity (Wildman–Crippen MR) is 71.2 cm³/mol. The number of aromatic nitrogens is 1. The van der Waals surface area contributed by atoms with Gasteiger partial charge in [-0.15, -0.1) is 0 Å². The molecule has 5 nitrogen and oxygen atoms in total. The number of aromatic amines is 1. The molecule has 1 aromatic heterocycles. The van der Waals surface area contributed by atoms with Gasteiger partial charge in [0.1, 0.15) is 5.69 Å². The molecule has 6 heteroatoms. The van der Waals surface area contributed by atoms with Crippen LogP contribution in [-0.4, -0.2) is 23.5 Å². The number of halogens is 1. The van der Waals surface area contributed by atoms with Gasteiger partial charge < -0.3 is 15.0 Å². The first-order valence-corrected chi connectivity index (χ1v) is 5.89. The van der Waals surface area contributed by atoms with Crippen molar-refractivity contribution in [2.24, 2.45) is 0 Å². The molecule has 0 aliphatic carbocycles. The summed E-state index contributed by atoms with van der Waals surface area (Å²) in [7, 11) is 0. The fourth-order valence-electron chi connectivity index (χ4n) is 1.41. The van der Waals surface area contributed by atoms with Gasteiger partial charge in [-0.25, -0.2) is 4.79 Å². The summed E-state index contributed by atoms with van der Waals surface area (Å²) in [5.41, 5.74) is 0.851. The molecule has 0 bridgehead atoms. The largest absolute Gasteiger partial charge is 0.451 e. The van der Waals surface area contributed by atoms with Crippen molar-refractivity contribution >= 4 is 29.2 Å². The summed E-state index contributed by atoms with van der Waals surface area (Å²) < 4.78 is 4.83. The molecule has 0 unspecified atom stereocenters. The third kappa shape index (κ3) is 3.86. The molecule has 2 aromatic rings. The van der Waals surface area contributed by atoms with E-state index < -0.39 is 11.9 Å². The van der Waals surface area contributed by atoms with E-state index in [1.54, 1.807) is 24.3 Å². The van der Waals surface area contributed by atoms with Gasteiger partial charge in [0.15, 0.2) is 6.61 Å². The van der Waals surface area contributed by atoms with Crippen LogP contribution in [0.3, 0.4) is 0 Å². The van der Waals surface area contributed by atoms with Crippen molar-refractivity contribution in [3.05, 3.63) is 53.3 Å². The second kappa shape index (κ2) is 6.06. The van der Waals surface area contributed by atoms with E-state index in [0.29, 0.717) is 10.7 Å². The summed E-state index contributed by atoms with van der Waals surface area (Å²) in [4.78, 5) is 25.7. The molecule has 0 saturated heterocycles. The summed E-state index contributed by atoms with van der Waals surface area (Å²) in [6.45, 7) is -0.357. The number of carbonyl (C=O) groups excluding carboxylic acids is 2. The highest BCUT2D eigenvalue weighted by molar-refractivity contribution is 6.30. The number of ether oxygens (including phenoxy) is 1. The summed E-state index contributed by atoms with van der Waals surface area (Å²) in [5.74, 6) is -1.03. The van der Waals surface area contributed by atoms with Gasteiger partial charge in [0.05, 0.1) is 5.02 Å². The van der Waals surface area contributed by atoms with Gasteiger partial charge in [-0.1, -0.05) is 29.8 Å². The maximum absolute atomic E-state index is 11.5. The predicted octanol–water partition coefficient (Wildman–Crippen LogP) is 2.46. The van der Waals surface area contributed by atoms with Crippen LogP contribution in [0.15, 0.2) is 42.6 Å². The number of esters is 1. The van der Waals surface area contributed by atoms with Gasteiger partial charge in [0, 0.05) is 11.9 Å². The van der Waals surface area contributed by atoms with Crippen molar-refractivity contribution in [1.29, 1.82) is 0 Å². The molecule has 0 saturated carbocycles. The van der Waals surface area contributed by atoms with Crippen molar-refractivity contribution in [1.82, 2.24) is 4.98 Å². The van der Waals surface area contributed by atoms with Gasteiger partial charge in [-0.05, 0) is 18.2 Å². The first-order chi connectivity index (χ1) is 9.15. The van der Waals surface area contributed by atoms with E-state index in [9.17, 15) is 9.59 Å². The molecule has 98 valence electrons. The smallest absolute Gasteiger partial charge is 0.355 e. The Labute approximate surface area is 114 Å². The van der Waals surface area contributed by atoms with Crippen LogP contribution in [-0.2, 0) is 9.53 Å². The molecule has 19 heavy (non-hydrogen) atoms. The van der Waals surface area contributed by atoms with Crippen LogP contribution in [0.4, 0.5) is 5.69 Å². The third-order valence-electron chi connectivity index (χ3n) is 2.26. The molecule has 1 amide bonds. The number of amides is 1. The summed E-state index contributed by atoms with van der Waals surface area (Å²) in [5, 5.41) is 3.00. The number of anilines is 1. The van der Waals surface area contributed by atoms with E-state index in [4.69, 9.17) is 16.3 Å². The highest BCUT2D eigenvalue weighted by Gasteiger charge is 2.11. The Morgan fingerprint density at radius 1 is 1.26 bits per heavy atom. The van der Waals surface area contributed by atoms with E-state index in [0.717, 1.165) is 0 Å². The number of benzene rings is 1. The minimum atomic E-state index is -0.630. The molecule has 0 radical (unpaired) electrons. The third-order valence-corrected chi connectivity index (χ3v) is 2.48. The standard InChI is InChI=1S/C13H11ClN2O3/c14-9-6-11(15-7-9)13(18)19-8-12(17)16-10-4-2-1-3-5-10/h1-7,15H,8H2,(H,16,17). The van der Waals surface area contributed by atoms with E-state index in [1.807, 2.05) is 6.07 Å². The van der Waals surface area contributed by atoms with Crippen molar-refractivity contribution < 1.29 is 14.3 Å². The highest BCUT2D eigenvalue weighted by Crippen LogP contribution is 2.10. The Morgan fingerprint density at radius 2 is 2.00 bits per heavy atom. The Hall–Kier alpha value is -2.27. The maximum Gasteiger partial charge on any atom is 0.355 e. The number of para-hydroxylation sites is 1. The Morgan fingerprint density at radius 3 is 2.63 bits per heavy atom. The fraction of sp³-hybridized carbons (Fsp3) is 0.0769. The van der Waals surface area contributed by atoms with Crippen molar-refractivity contribution in [2.75, 3.05) is 11.9 Å². The first-order valence-electron chi connectivity index (χ1n) is 5.51. The van der Waals surface area contributed by atoms with Crippen LogP contribution in [0.5, 0.6) is 0 Å². The molecule has 1 aromatic carbocycles. The highest BCUT2D eigenvalue weighted by atomic mass is 35.5. The van der Waals surface area contributed by atoms with Crippen LogP contribution in [0.1, 0.15) is 10.5 Å². The Bertz CT molecular complexity index is 581. The molecule has 0 aliphatic rings. The van der Waals surface area contributed by atoms with Gasteiger partial charge in [-0.2, -0.15) is 0 Å². The lowest BCUT2D eigenvalue weighted by atomic mass is 10.3. The van der Waals surface area contributed by atoms with Gasteiger partial charge in [0.25, 0.3) is 5.91 Å². The average Bonchev–Trinajstić information content (AvgIpc) is 2.84. The number of nitrogens with one attached hydrogen (secondary N) is 2. The topological polar surface area (TPSA) is 71.2 Å². The van der Waals surface area contributed by atoms with Crippen LogP contribution in [0, 0.1) is 0 Å². The second-order valence-electron chi connectivity index (χ2n) is 3.72. The van der Waals surface area contributed by atoms with E-state index in [1.165, 1.54) is 12.3 Å². The number of carbonyl (C=O) groups is 2. The molecule has 2 rings (SSSR count). The van der Waals surface area contributed by atoms with Crippen LogP contribution >= 0.6 is 11.6 Å². The van der Waals surface area contributed by atoms with Gasteiger partial charge in [-0.3, -0.25) is 4.79 Å². The first kappa shape index (κ1) is 13.2. The fourth-order valence-corrected chi connectivity index (χ4v) is 1.58. The lowest BCUT2D eigenvalue weighted by molar-refractivity contribution is -0.119. The summed E-state index contributed by atoms with van der Waals surface area (Å²) in [6.07, 6.45) is 1.46. The number of rotatable bonds is 4. The SMILES string of the molecule is O=C(COC(=O)c1cc(Cl)c[nH]1)Nc1ccccc1. The molecule has 2 N–H and O–H groups in total. The Kier molecular flexibility index (Phi) is 4.20. The molecule has 0 spiro atoms. The molecule has 0 atom stereocenters. The van der Waals surface area contributed by atoms with Crippen LogP contribution < -0.4 is 5.32 Å². The molecule has 0 aliphatic heterocycles. The number of hydrogen-bond donors (Lipinski definition) is 2. The van der Waals surface area contributed by atoms with Crippen LogP contribution in [0.25, 0.3) is 0 Å². The monoisotopic (exact) mass is 278 g/mol. The quantitative estimate of drug-likeness (QED) is 0.844. The van der Waals surface area contributed by atoms with Gasteiger partial charge in [0.2, 0.25) is 0 Å². The molecular formula is C13H11ClN2O3. The van der Waals surface area contributed by atoms with E-state index in [-0.39, 0.29) is 12.3 Å². The maximum atomic E-state index is 11.5. The lowest BCUT2D eigenvalue weighted by Crippen LogP contribution is -2.20. The average molecular weight is 279 g/mol. The van der Waals surface area contributed by atoms with Crippen molar-refractivity contribution in [3.8, 4) is 0 Å². The Balaban J connectivity index is 1.82. The second-order valence-corrected chi connectivity index (χ2v) is 4.16. The summed E-state index contributed by atoms with van der Waals surface area (Å²) in [6, 6.07) is 10.3. The summed E-state index contributed by atoms with van der Waals surface area (Å²) >= 11 is 5.66. The minimum absolute atomic E-state index is 0.206. The molecule has 0 fully saturated rings. The van der Waals surface area contributed by atoms with E-state index >= 15 is 0 Å². The zero-order valence-electron chi connectivity index (χ0n) is 9.85. The normalized spacial score (nSPS) is 9.95. The van der Waals surface area contributed by atoms with Crippen molar-refractivity contribution in [3.63, 3.8) is 0 Å². The zero-order valence-corrected chi connectivity index (χ0v) is 10.6. The molecule has 1 heterocycles.